The van der Waals surface area contributed by atoms with Crippen molar-refractivity contribution in [2.24, 2.45) is 0 Å². The zero-order valence-electron chi connectivity index (χ0n) is 15.9. The lowest BCUT2D eigenvalue weighted by Gasteiger charge is -2.39. The van der Waals surface area contributed by atoms with E-state index in [0.717, 1.165) is 11.3 Å². The van der Waals surface area contributed by atoms with Crippen molar-refractivity contribution < 1.29 is 22.7 Å². The van der Waals surface area contributed by atoms with Gasteiger partial charge in [0.05, 0.1) is 12.8 Å². The van der Waals surface area contributed by atoms with Crippen molar-refractivity contribution in [2.45, 2.75) is 30.4 Å². The fourth-order valence-corrected chi connectivity index (χ4v) is 6.02. The molecule has 2 aromatic carbocycles. The lowest BCUT2D eigenvalue weighted by atomic mass is 10.0. The van der Waals surface area contributed by atoms with Crippen LogP contribution in [0.25, 0.3) is 0 Å². The van der Waals surface area contributed by atoms with Crippen LogP contribution in [0.2, 0.25) is 0 Å². The van der Waals surface area contributed by atoms with Crippen LogP contribution < -0.4 is 9.64 Å². The molecule has 0 saturated carbocycles. The van der Waals surface area contributed by atoms with Crippen LogP contribution in [0.4, 0.5) is 10.5 Å². The summed E-state index contributed by atoms with van der Waals surface area (Å²) in [6.07, 6.45) is 0.677. The minimum atomic E-state index is -3.71. The minimum absolute atomic E-state index is 0.111. The lowest BCUT2D eigenvalue weighted by Crippen LogP contribution is -2.50. The Hall–Kier alpha value is -2.10. The molecule has 7 nitrogen and oxygen atoms in total. The second-order valence-corrected chi connectivity index (χ2v) is 9.81. The van der Waals surface area contributed by atoms with E-state index in [1.165, 1.54) is 11.4 Å². The summed E-state index contributed by atoms with van der Waals surface area (Å²) in [5.41, 5.74) is 1.81. The van der Waals surface area contributed by atoms with Gasteiger partial charge in [-0.15, -0.1) is 0 Å². The van der Waals surface area contributed by atoms with E-state index in [-0.39, 0.29) is 23.6 Å². The molecule has 1 saturated heterocycles. The molecule has 0 N–H and O–H groups in total. The molecule has 1 amide bonds. The molecule has 0 bridgehead atoms. The summed E-state index contributed by atoms with van der Waals surface area (Å²) in [5, 5.41) is 0. The topological polar surface area (TPSA) is 76.2 Å². The summed E-state index contributed by atoms with van der Waals surface area (Å²) < 4.78 is 39.1. The molecule has 2 aliphatic rings. The average Bonchev–Trinajstić information content (AvgIpc) is 2.74. The van der Waals surface area contributed by atoms with Gasteiger partial charge in [-0.2, -0.15) is 4.31 Å². The molecule has 9 heteroatoms. The monoisotopic (exact) mass is 480 g/mol. The Morgan fingerprint density at radius 2 is 1.86 bits per heavy atom. The zero-order valence-corrected chi connectivity index (χ0v) is 18.3. The van der Waals surface area contributed by atoms with Gasteiger partial charge in [-0.05, 0) is 37.1 Å². The maximum absolute atomic E-state index is 13.2. The van der Waals surface area contributed by atoms with E-state index >= 15 is 0 Å². The molecule has 29 heavy (non-hydrogen) atoms. The van der Waals surface area contributed by atoms with Gasteiger partial charge < -0.3 is 9.47 Å². The average molecular weight is 481 g/mol. The highest BCUT2D eigenvalue weighted by molar-refractivity contribution is 9.10. The highest BCUT2D eigenvalue weighted by atomic mass is 79.9. The second-order valence-electron chi connectivity index (χ2n) is 6.98. The molecule has 0 unspecified atom stereocenters. The maximum Gasteiger partial charge on any atom is 0.414 e. The first kappa shape index (κ1) is 20.2. The van der Waals surface area contributed by atoms with Crippen LogP contribution in [-0.2, 0) is 21.4 Å². The first-order chi connectivity index (χ1) is 13.9. The smallest absolute Gasteiger partial charge is 0.414 e. The number of cyclic esters (lactones) is 1. The van der Waals surface area contributed by atoms with Crippen LogP contribution in [0.1, 0.15) is 18.4 Å². The predicted octanol–water partition coefficient (Wildman–Crippen LogP) is 3.77. The summed E-state index contributed by atoms with van der Waals surface area (Å²) in [5.74, 6) is 0.309. The number of hydrogen-bond acceptors (Lipinski definition) is 5. The standard InChI is InChI=1S/C20H21BrN2O5S/c1-27-18-7-6-15(21)12-19(18)29(25,26)22-10-8-16(9-11-22)23-17-5-3-2-4-14(17)13-28-20(23)24/h2-7,12,16H,8-11,13H2,1H3. The number of piperidine rings is 1. The number of hydrogen-bond donors (Lipinski definition) is 0. The molecule has 154 valence electrons. The molecule has 0 aromatic heterocycles. The Morgan fingerprint density at radius 1 is 1.14 bits per heavy atom. The number of amides is 1. The van der Waals surface area contributed by atoms with Gasteiger partial charge in [0.25, 0.3) is 0 Å². The number of anilines is 1. The number of halogens is 1. The van der Waals surface area contributed by atoms with Crippen molar-refractivity contribution in [2.75, 3.05) is 25.1 Å². The Labute approximate surface area is 178 Å². The van der Waals surface area contributed by atoms with Crippen LogP contribution in [0.15, 0.2) is 51.8 Å². The van der Waals surface area contributed by atoms with Gasteiger partial charge in [-0.3, -0.25) is 4.90 Å². The van der Waals surface area contributed by atoms with Gasteiger partial charge in [0.15, 0.2) is 0 Å². The van der Waals surface area contributed by atoms with Crippen LogP contribution in [0.5, 0.6) is 5.75 Å². The number of ether oxygens (including phenoxy) is 2. The number of rotatable bonds is 4. The van der Waals surface area contributed by atoms with Gasteiger partial charge in [-0.1, -0.05) is 34.1 Å². The quantitative estimate of drug-likeness (QED) is 0.665. The largest absolute Gasteiger partial charge is 0.495 e. The first-order valence-electron chi connectivity index (χ1n) is 9.29. The number of fused-ring (bicyclic) bond motifs is 1. The SMILES string of the molecule is COc1ccc(Br)cc1S(=O)(=O)N1CCC(N2C(=O)OCc3ccccc32)CC1. The Bertz CT molecular complexity index is 1030. The maximum atomic E-state index is 13.2. The molecule has 2 aromatic rings. The normalized spacial score (nSPS) is 18.3. The Morgan fingerprint density at radius 3 is 2.59 bits per heavy atom. The van der Waals surface area contributed by atoms with Gasteiger partial charge in [0.1, 0.15) is 17.3 Å². The van der Waals surface area contributed by atoms with Crippen molar-refractivity contribution in [1.29, 1.82) is 0 Å². The second kappa shape index (κ2) is 7.97. The summed E-state index contributed by atoms with van der Waals surface area (Å²) in [6, 6.07) is 12.5. The number of carbonyl (C=O) groups excluding carboxylic acids is 1. The molecule has 0 radical (unpaired) electrons. The van der Waals surface area contributed by atoms with E-state index in [1.54, 1.807) is 23.1 Å². The highest BCUT2D eigenvalue weighted by Crippen LogP contribution is 2.34. The third kappa shape index (κ3) is 3.74. The molecule has 0 atom stereocenters. The number of para-hydroxylation sites is 1. The summed E-state index contributed by atoms with van der Waals surface area (Å²) in [7, 11) is -2.26. The Kier molecular flexibility index (Phi) is 5.54. The van der Waals surface area contributed by atoms with E-state index in [4.69, 9.17) is 9.47 Å². The van der Waals surface area contributed by atoms with E-state index in [1.807, 2.05) is 24.3 Å². The molecular formula is C20H21BrN2O5S. The fraction of sp³-hybridized carbons (Fsp3) is 0.350. The van der Waals surface area contributed by atoms with Crippen molar-refractivity contribution in [1.82, 2.24) is 4.31 Å². The van der Waals surface area contributed by atoms with Crippen molar-refractivity contribution >= 4 is 37.7 Å². The molecule has 0 aliphatic carbocycles. The van der Waals surface area contributed by atoms with Gasteiger partial charge in [0.2, 0.25) is 10.0 Å². The molecule has 2 aliphatic heterocycles. The summed E-state index contributed by atoms with van der Waals surface area (Å²) in [6.45, 7) is 0.893. The third-order valence-corrected chi connectivity index (χ3v) is 7.74. The van der Waals surface area contributed by atoms with Crippen LogP contribution in [0, 0.1) is 0 Å². The molecule has 1 fully saturated rings. The number of sulfonamides is 1. The molecule has 0 spiro atoms. The number of carbonyl (C=O) groups is 1. The van der Waals surface area contributed by atoms with Crippen LogP contribution in [0.3, 0.4) is 0 Å². The Balaban J connectivity index is 1.55. The minimum Gasteiger partial charge on any atom is -0.495 e. The van der Waals surface area contributed by atoms with E-state index in [0.29, 0.717) is 36.2 Å². The van der Waals surface area contributed by atoms with E-state index in [2.05, 4.69) is 15.9 Å². The van der Waals surface area contributed by atoms with Crippen LogP contribution >= 0.6 is 15.9 Å². The van der Waals surface area contributed by atoms with Crippen molar-refractivity contribution in [3.63, 3.8) is 0 Å². The molecule has 4 rings (SSSR count). The lowest BCUT2D eigenvalue weighted by molar-refractivity contribution is 0.136. The highest BCUT2D eigenvalue weighted by Gasteiger charge is 2.37. The van der Waals surface area contributed by atoms with Gasteiger partial charge in [0, 0.05) is 29.2 Å². The first-order valence-corrected chi connectivity index (χ1v) is 11.5. The van der Waals surface area contributed by atoms with Gasteiger partial charge in [-0.25, -0.2) is 13.2 Å². The van der Waals surface area contributed by atoms with Crippen LogP contribution in [-0.4, -0.2) is 45.1 Å². The van der Waals surface area contributed by atoms with Crippen molar-refractivity contribution in [3.8, 4) is 5.75 Å². The van der Waals surface area contributed by atoms with E-state index < -0.39 is 10.0 Å². The summed E-state index contributed by atoms with van der Waals surface area (Å²) >= 11 is 3.33. The number of methoxy groups -OCH3 is 1. The predicted molar refractivity (Wildman–Crippen MR) is 112 cm³/mol. The summed E-state index contributed by atoms with van der Waals surface area (Å²) in [4.78, 5) is 14.2. The molecule has 2 heterocycles. The van der Waals surface area contributed by atoms with Crippen molar-refractivity contribution in [3.05, 3.63) is 52.5 Å². The fourth-order valence-electron chi connectivity index (χ4n) is 3.85. The van der Waals surface area contributed by atoms with Gasteiger partial charge >= 0.3 is 6.09 Å². The third-order valence-electron chi connectivity index (χ3n) is 5.33. The molecular weight excluding hydrogens is 460 g/mol. The number of nitrogens with zero attached hydrogens (tertiary/aromatic N) is 2. The zero-order chi connectivity index (χ0) is 20.6. The number of benzene rings is 2. The van der Waals surface area contributed by atoms with E-state index in [9.17, 15) is 13.2 Å².